The van der Waals surface area contributed by atoms with Gasteiger partial charge in [0.1, 0.15) is 0 Å². The number of hydrogen-bond donors (Lipinski definition) is 1. The van der Waals surface area contributed by atoms with Crippen molar-refractivity contribution in [2.24, 2.45) is 22.2 Å². The molecule has 2 unspecified atom stereocenters. The Morgan fingerprint density at radius 2 is 1.74 bits per heavy atom. The molecule has 2 fully saturated rings. The number of carbonyl (C=O) groups excluding carboxylic acids is 1. The Bertz CT molecular complexity index is 686. The minimum atomic E-state index is 0.0972. The van der Waals surface area contributed by atoms with Crippen LogP contribution in [0.5, 0.6) is 0 Å². The molecule has 4 heteroatoms. The van der Waals surface area contributed by atoms with Crippen molar-refractivity contribution < 1.29 is 4.79 Å². The molecule has 4 nitrogen and oxygen atoms in total. The van der Waals surface area contributed by atoms with Gasteiger partial charge in [-0.25, -0.2) is 4.79 Å². The van der Waals surface area contributed by atoms with Gasteiger partial charge in [0.15, 0.2) is 0 Å². The zero-order chi connectivity index (χ0) is 23.0. The van der Waals surface area contributed by atoms with E-state index in [-0.39, 0.29) is 35.0 Å². The molecule has 0 aromatic carbocycles. The summed E-state index contributed by atoms with van der Waals surface area (Å²) in [7, 11) is 0. The van der Waals surface area contributed by atoms with Gasteiger partial charge in [0.05, 0.1) is 0 Å². The SMILES string of the molecule is CC(C)N(C(=O)N[C@H]1CC2(CCN(CCC(C)(C)C)CC2)C2(C)C=CC=CC12)C(C)C. The highest BCUT2D eigenvalue weighted by Crippen LogP contribution is 2.63. The third-order valence-electron chi connectivity index (χ3n) is 8.40. The largest absolute Gasteiger partial charge is 0.335 e. The second-order valence-corrected chi connectivity index (χ2v) is 12.3. The maximum absolute atomic E-state index is 13.2. The fourth-order valence-corrected chi connectivity index (χ4v) is 6.48. The summed E-state index contributed by atoms with van der Waals surface area (Å²) in [6.07, 6.45) is 14.0. The van der Waals surface area contributed by atoms with Gasteiger partial charge < -0.3 is 15.1 Å². The third-order valence-corrected chi connectivity index (χ3v) is 8.40. The summed E-state index contributed by atoms with van der Waals surface area (Å²) >= 11 is 0. The molecule has 0 aromatic heterocycles. The van der Waals surface area contributed by atoms with Crippen LogP contribution >= 0.6 is 0 Å². The number of likely N-dealkylation sites (tertiary alicyclic amines) is 1. The fourth-order valence-electron chi connectivity index (χ4n) is 6.48. The van der Waals surface area contributed by atoms with Crippen molar-refractivity contribution in [2.75, 3.05) is 19.6 Å². The number of nitrogens with zero attached hydrogens (tertiary/aromatic N) is 2. The van der Waals surface area contributed by atoms with Crippen LogP contribution in [0.1, 0.15) is 81.1 Å². The molecule has 0 radical (unpaired) electrons. The normalized spacial score (nSPS) is 30.3. The van der Waals surface area contributed by atoms with Crippen LogP contribution < -0.4 is 5.32 Å². The first kappa shape index (κ1) is 24.4. The molecule has 3 aliphatic rings. The second kappa shape index (κ2) is 8.92. The van der Waals surface area contributed by atoms with E-state index in [1.165, 1.54) is 38.9 Å². The number of amides is 2. The van der Waals surface area contributed by atoms with Gasteiger partial charge >= 0.3 is 6.03 Å². The van der Waals surface area contributed by atoms with E-state index in [1.807, 2.05) is 4.90 Å². The van der Waals surface area contributed by atoms with Gasteiger partial charge in [-0.2, -0.15) is 0 Å². The van der Waals surface area contributed by atoms with Crippen molar-refractivity contribution in [3.8, 4) is 0 Å². The van der Waals surface area contributed by atoms with Gasteiger partial charge in [0, 0.05) is 24.0 Å². The predicted molar refractivity (Wildman–Crippen MR) is 131 cm³/mol. The average Bonchev–Trinajstić information content (AvgIpc) is 2.88. The van der Waals surface area contributed by atoms with Crippen LogP contribution in [0, 0.1) is 22.2 Å². The van der Waals surface area contributed by atoms with Crippen LogP contribution in [0.2, 0.25) is 0 Å². The van der Waals surface area contributed by atoms with Gasteiger partial charge in [-0.15, -0.1) is 0 Å². The monoisotopic (exact) mass is 429 g/mol. The van der Waals surface area contributed by atoms with Crippen LogP contribution in [0.3, 0.4) is 0 Å². The highest BCUT2D eigenvalue weighted by atomic mass is 16.2. The van der Waals surface area contributed by atoms with E-state index in [1.54, 1.807) is 0 Å². The summed E-state index contributed by atoms with van der Waals surface area (Å²) < 4.78 is 0. The molecule has 2 aliphatic carbocycles. The predicted octanol–water partition coefficient (Wildman–Crippen LogP) is 5.85. The van der Waals surface area contributed by atoms with Crippen molar-refractivity contribution in [3.05, 3.63) is 24.3 Å². The summed E-state index contributed by atoms with van der Waals surface area (Å²) in [5, 5.41) is 3.48. The zero-order valence-electron chi connectivity index (χ0n) is 21.4. The molecule has 176 valence electrons. The van der Waals surface area contributed by atoms with Gasteiger partial charge in [0.2, 0.25) is 0 Å². The summed E-state index contributed by atoms with van der Waals surface area (Å²) in [5.74, 6) is 0.378. The number of nitrogens with one attached hydrogen (secondary N) is 1. The summed E-state index contributed by atoms with van der Waals surface area (Å²) in [5.41, 5.74) is 0.788. The van der Waals surface area contributed by atoms with E-state index in [4.69, 9.17) is 0 Å². The molecule has 2 amide bonds. The van der Waals surface area contributed by atoms with Crippen LogP contribution in [0.25, 0.3) is 0 Å². The number of hydrogen-bond acceptors (Lipinski definition) is 2. The van der Waals surface area contributed by atoms with E-state index >= 15 is 0 Å². The molecule has 0 aromatic rings. The summed E-state index contributed by atoms with van der Waals surface area (Å²) in [6.45, 7) is 21.5. The molecule has 1 N–H and O–H groups in total. The minimum Gasteiger partial charge on any atom is -0.335 e. The van der Waals surface area contributed by atoms with E-state index in [0.717, 1.165) is 6.42 Å². The van der Waals surface area contributed by atoms with Crippen LogP contribution in [0.4, 0.5) is 4.79 Å². The van der Waals surface area contributed by atoms with Crippen LogP contribution in [-0.4, -0.2) is 53.6 Å². The first-order chi connectivity index (χ1) is 14.4. The average molecular weight is 430 g/mol. The lowest BCUT2D eigenvalue weighted by molar-refractivity contribution is 0.0242. The van der Waals surface area contributed by atoms with Crippen molar-refractivity contribution in [1.82, 2.24) is 15.1 Å². The Morgan fingerprint density at radius 1 is 1.13 bits per heavy atom. The molecule has 0 bridgehead atoms. The molecule has 1 aliphatic heterocycles. The van der Waals surface area contributed by atoms with Crippen LogP contribution in [-0.2, 0) is 0 Å². The van der Waals surface area contributed by atoms with E-state index in [9.17, 15) is 4.79 Å². The summed E-state index contributed by atoms with van der Waals surface area (Å²) in [6, 6.07) is 0.712. The fraction of sp³-hybridized carbons (Fsp3) is 0.815. The Balaban J connectivity index is 1.74. The van der Waals surface area contributed by atoms with Crippen molar-refractivity contribution in [3.63, 3.8) is 0 Å². The van der Waals surface area contributed by atoms with Gasteiger partial charge in [-0.1, -0.05) is 52.0 Å². The molecule has 1 saturated carbocycles. The highest BCUT2D eigenvalue weighted by Gasteiger charge is 2.60. The second-order valence-electron chi connectivity index (χ2n) is 12.3. The van der Waals surface area contributed by atoms with Crippen molar-refractivity contribution in [2.45, 2.75) is 99.2 Å². The molecule has 1 spiro atoms. The number of piperidine rings is 1. The lowest BCUT2D eigenvalue weighted by Gasteiger charge is -2.50. The Labute approximate surface area is 191 Å². The summed E-state index contributed by atoms with van der Waals surface area (Å²) in [4.78, 5) is 17.9. The molecule has 1 heterocycles. The maximum atomic E-state index is 13.2. The third kappa shape index (κ3) is 4.89. The zero-order valence-corrected chi connectivity index (χ0v) is 21.4. The quantitative estimate of drug-likeness (QED) is 0.594. The number of urea groups is 1. The van der Waals surface area contributed by atoms with Crippen molar-refractivity contribution in [1.29, 1.82) is 0 Å². The lowest BCUT2D eigenvalue weighted by Crippen LogP contribution is -2.51. The number of fused-ring (bicyclic) bond motifs is 2. The van der Waals surface area contributed by atoms with Crippen molar-refractivity contribution >= 4 is 6.03 Å². The first-order valence-electron chi connectivity index (χ1n) is 12.6. The van der Waals surface area contributed by atoms with Gasteiger partial charge in [0.25, 0.3) is 0 Å². The number of rotatable bonds is 5. The number of carbonyl (C=O) groups is 1. The van der Waals surface area contributed by atoms with E-state index < -0.39 is 0 Å². The Morgan fingerprint density at radius 3 is 2.29 bits per heavy atom. The van der Waals surface area contributed by atoms with E-state index in [2.05, 4.69) is 89.9 Å². The smallest absolute Gasteiger partial charge is 0.318 e. The van der Waals surface area contributed by atoms with Gasteiger partial charge in [-0.3, -0.25) is 0 Å². The molecule has 3 rings (SSSR count). The molecular formula is C27H47N3O. The molecule has 1 saturated heterocycles. The minimum absolute atomic E-state index is 0.0972. The Hall–Kier alpha value is -1.29. The standard InChI is InChI=1S/C27H47N3O/c1-20(2)30(21(3)4)24(31)28-23-19-27(26(8)12-10-9-11-22(23)26)14-17-29(18-15-27)16-13-25(5,6)7/h9-12,20-23H,13-19H2,1-8H3,(H,28,31)/t22?,23-,26?/m0/s1. The van der Waals surface area contributed by atoms with Crippen LogP contribution in [0.15, 0.2) is 24.3 Å². The van der Waals surface area contributed by atoms with Gasteiger partial charge in [-0.05, 0) is 89.3 Å². The number of allylic oxidation sites excluding steroid dienone is 3. The highest BCUT2D eigenvalue weighted by molar-refractivity contribution is 5.75. The Kier molecular flexibility index (Phi) is 7.01. The molecular weight excluding hydrogens is 382 g/mol. The lowest BCUT2D eigenvalue weighted by atomic mass is 9.58. The molecule has 3 atom stereocenters. The topological polar surface area (TPSA) is 35.6 Å². The first-order valence-corrected chi connectivity index (χ1v) is 12.6. The maximum Gasteiger partial charge on any atom is 0.318 e. The van der Waals surface area contributed by atoms with E-state index in [0.29, 0.717) is 11.3 Å². The molecule has 31 heavy (non-hydrogen) atoms.